The fraction of sp³-hybridized carbons (Fsp3) is 0.300. The van der Waals surface area contributed by atoms with Crippen LogP contribution in [0, 0.1) is 10.1 Å². The van der Waals surface area contributed by atoms with E-state index in [2.05, 4.69) is 15.1 Å². The van der Waals surface area contributed by atoms with Gasteiger partial charge in [-0.1, -0.05) is 12.1 Å². The molecule has 2 aromatic carbocycles. The number of non-ortho nitro benzene ring substituents is 1. The highest BCUT2D eigenvalue weighted by molar-refractivity contribution is 5.55. The maximum atomic E-state index is 10.8. The quantitative estimate of drug-likeness (QED) is 0.425. The van der Waals surface area contributed by atoms with E-state index in [0.29, 0.717) is 30.5 Å². The molecule has 0 fully saturated rings. The highest BCUT2D eigenvalue weighted by Crippen LogP contribution is 2.26. The van der Waals surface area contributed by atoms with E-state index in [1.54, 1.807) is 12.1 Å². The molecule has 0 unspecified atom stereocenters. The van der Waals surface area contributed by atoms with Gasteiger partial charge in [0.2, 0.25) is 11.8 Å². The molecule has 8 nitrogen and oxygen atoms in total. The van der Waals surface area contributed by atoms with E-state index in [1.165, 1.54) is 12.1 Å². The second kappa shape index (κ2) is 8.62. The Bertz CT molecular complexity index is 922. The van der Waals surface area contributed by atoms with Crippen LogP contribution in [-0.4, -0.2) is 33.7 Å². The average molecular weight is 382 g/mol. The van der Waals surface area contributed by atoms with Crippen molar-refractivity contribution in [1.82, 2.24) is 15.1 Å². The number of benzene rings is 2. The molecule has 0 saturated carbocycles. The number of rotatable bonds is 8. The van der Waals surface area contributed by atoms with Crippen LogP contribution in [0.1, 0.15) is 31.3 Å². The van der Waals surface area contributed by atoms with Crippen molar-refractivity contribution in [2.75, 3.05) is 13.7 Å². The van der Waals surface area contributed by atoms with Gasteiger partial charge in [0.15, 0.2) is 0 Å². The molecule has 0 saturated heterocycles. The standard InChI is InChI=1S/C20H22N4O4/c1-4-27-18-11-5-15(6-12-18)13-23(3)14(2)19-21-22-20(28-19)16-7-9-17(10-8-16)24(25)26/h5-12,14H,4,13H2,1-3H3/t14-/m0/s1. The molecule has 1 heterocycles. The van der Waals surface area contributed by atoms with Gasteiger partial charge in [0, 0.05) is 24.2 Å². The highest BCUT2D eigenvalue weighted by atomic mass is 16.6. The first-order valence-electron chi connectivity index (χ1n) is 8.98. The molecule has 3 aromatic rings. The SMILES string of the molecule is CCOc1ccc(CN(C)[C@@H](C)c2nnc(-c3ccc([N+](=O)[O-])cc3)o2)cc1. The van der Waals surface area contributed by atoms with Gasteiger partial charge in [-0.3, -0.25) is 15.0 Å². The molecule has 0 aliphatic heterocycles. The summed E-state index contributed by atoms with van der Waals surface area (Å²) < 4.78 is 11.3. The minimum absolute atomic E-state index is 0.0203. The summed E-state index contributed by atoms with van der Waals surface area (Å²) in [5, 5.41) is 19.0. The molecule has 1 aromatic heterocycles. The summed E-state index contributed by atoms with van der Waals surface area (Å²) in [6.07, 6.45) is 0. The Labute approximate surface area is 162 Å². The lowest BCUT2D eigenvalue weighted by molar-refractivity contribution is -0.384. The van der Waals surface area contributed by atoms with Gasteiger partial charge < -0.3 is 9.15 Å². The topological polar surface area (TPSA) is 94.5 Å². The molecule has 146 valence electrons. The van der Waals surface area contributed by atoms with Crippen molar-refractivity contribution in [2.24, 2.45) is 0 Å². The first kappa shape index (κ1) is 19.5. The fourth-order valence-corrected chi connectivity index (χ4v) is 2.72. The van der Waals surface area contributed by atoms with Gasteiger partial charge in [-0.25, -0.2) is 0 Å². The maximum Gasteiger partial charge on any atom is 0.269 e. The molecular formula is C20H22N4O4. The summed E-state index contributed by atoms with van der Waals surface area (Å²) in [6, 6.07) is 13.9. The molecular weight excluding hydrogens is 360 g/mol. The average Bonchev–Trinajstić information content (AvgIpc) is 3.19. The van der Waals surface area contributed by atoms with Crippen LogP contribution in [0.5, 0.6) is 5.75 Å². The number of hydrogen-bond acceptors (Lipinski definition) is 7. The minimum Gasteiger partial charge on any atom is -0.494 e. The van der Waals surface area contributed by atoms with Crippen molar-refractivity contribution in [3.05, 3.63) is 70.1 Å². The third kappa shape index (κ3) is 4.52. The van der Waals surface area contributed by atoms with Crippen LogP contribution in [0.3, 0.4) is 0 Å². The van der Waals surface area contributed by atoms with Crippen LogP contribution in [0.25, 0.3) is 11.5 Å². The van der Waals surface area contributed by atoms with Crippen LogP contribution in [0.4, 0.5) is 5.69 Å². The van der Waals surface area contributed by atoms with Gasteiger partial charge in [0.1, 0.15) is 5.75 Å². The monoisotopic (exact) mass is 382 g/mol. The molecule has 0 bridgehead atoms. The Balaban J connectivity index is 1.67. The Morgan fingerprint density at radius 1 is 1.14 bits per heavy atom. The van der Waals surface area contributed by atoms with Crippen molar-refractivity contribution in [3.8, 4) is 17.2 Å². The maximum absolute atomic E-state index is 10.8. The number of nitro benzene ring substituents is 1. The van der Waals surface area contributed by atoms with Gasteiger partial charge in [0.05, 0.1) is 17.6 Å². The minimum atomic E-state index is -0.443. The molecule has 3 rings (SSSR count). The molecule has 0 aliphatic rings. The van der Waals surface area contributed by atoms with E-state index >= 15 is 0 Å². The van der Waals surface area contributed by atoms with Crippen LogP contribution < -0.4 is 4.74 Å². The van der Waals surface area contributed by atoms with Crippen molar-refractivity contribution < 1.29 is 14.1 Å². The van der Waals surface area contributed by atoms with Crippen molar-refractivity contribution in [3.63, 3.8) is 0 Å². The van der Waals surface area contributed by atoms with E-state index in [-0.39, 0.29) is 11.7 Å². The van der Waals surface area contributed by atoms with Crippen LogP contribution >= 0.6 is 0 Å². The predicted octanol–water partition coefficient (Wildman–Crippen LogP) is 4.24. The largest absolute Gasteiger partial charge is 0.494 e. The normalized spacial score (nSPS) is 12.1. The summed E-state index contributed by atoms with van der Waals surface area (Å²) >= 11 is 0. The Hall–Kier alpha value is -3.26. The molecule has 0 aliphatic carbocycles. The first-order valence-corrected chi connectivity index (χ1v) is 8.98. The lowest BCUT2D eigenvalue weighted by atomic mass is 10.2. The molecule has 0 spiro atoms. The van der Waals surface area contributed by atoms with Crippen LogP contribution in [0.2, 0.25) is 0 Å². The summed E-state index contributed by atoms with van der Waals surface area (Å²) in [6.45, 7) is 5.30. The first-order chi connectivity index (χ1) is 13.5. The highest BCUT2D eigenvalue weighted by Gasteiger charge is 2.19. The summed E-state index contributed by atoms with van der Waals surface area (Å²) in [4.78, 5) is 12.4. The molecule has 0 N–H and O–H groups in total. The van der Waals surface area contributed by atoms with Crippen molar-refractivity contribution >= 4 is 5.69 Å². The van der Waals surface area contributed by atoms with Gasteiger partial charge in [0.25, 0.3) is 5.69 Å². The van der Waals surface area contributed by atoms with E-state index in [1.807, 2.05) is 45.2 Å². The Kier molecular flexibility index (Phi) is 6.00. The number of nitro groups is 1. The summed E-state index contributed by atoms with van der Waals surface area (Å²) in [5.41, 5.74) is 1.81. The van der Waals surface area contributed by atoms with E-state index in [9.17, 15) is 10.1 Å². The van der Waals surface area contributed by atoms with Gasteiger partial charge in [-0.2, -0.15) is 0 Å². The Morgan fingerprint density at radius 3 is 2.43 bits per heavy atom. The zero-order valence-corrected chi connectivity index (χ0v) is 16.0. The van der Waals surface area contributed by atoms with E-state index < -0.39 is 4.92 Å². The zero-order valence-electron chi connectivity index (χ0n) is 16.0. The lowest BCUT2D eigenvalue weighted by Gasteiger charge is -2.21. The van der Waals surface area contributed by atoms with Crippen LogP contribution in [0.15, 0.2) is 52.9 Å². The molecule has 0 amide bonds. The number of nitrogens with zero attached hydrogens (tertiary/aromatic N) is 4. The van der Waals surface area contributed by atoms with Crippen molar-refractivity contribution in [1.29, 1.82) is 0 Å². The number of hydrogen-bond donors (Lipinski definition) is 0. The number of aromatic nitrogens is 2. The third-order valence-electron chi connectivity index (χ3n) is 4.45. The smallest absolute Gasteiger partial charge is 0.269 e. The van der Waals surface area contributed by atoms with E-state index in [0.717, 1.165) is 11.3 Å². The molecule has 0 radical (unpaired) electrons. The number of ether oxygens (including phenoxy) is 1. The lowest BCUT2D eigenvalue weighted by Crippen LogP contribution is -2.22. The summed E-state index contributed by atoms with van der Waals surface area (Å²) in [5.74, 6) is 1.68. The summed E-state index contributed by atoms with van der Waals surface area (Å²) in [7, 11) is 1.98. The molecule has 8 heteroatoms. The van der Waals surface area contributed by atoms with Gasteiger partial charge in [-0.05, 0) is 50.7 Å². The molecule has 1 atom stereocenters. The van der Waals surface area contributed by atoms with Gasteiger partial charge >= 0.3 is 0 Å². The fourth-order valence-electron chi connectivity index (χ4n) is 2.72. The third-order valence-corrected chi connectivity index (χ3v) is 4.45. The zero-order chi connectivity index (χ0) is 20.1. The second-order valence-electron chi connectivity index (χ2n) is 6.42. The van der Waals surface area contributed by atoms with Crippen LogP contribution in [-0.2, 0) is 6.54 Å². The van der Waals surface area contributed by atoms with Crippen molar-refractivity contribution in [2.45, 2.75) is 26.4 Å². The van der Waals surface area contributed by atoms with Gasteiger partial charge in [-0.15, -0.1) is 10.2 Å². The predicted molar refractivity (Wildman–Crippen MR) is 104 cm³/mol. The van der Waals surface area contributed by atoms with E-state index in [4.69, 9.17) is 9.15 Å². The second-order valence-corrected chi connectivity index (χ2v) is 6.42. The molecule has 28 heavy (non-hydrogen) atoms. The Morgan fingerprint density at radius 2 is 1.82 bits per heavy atom.